The van der Waals surface area contributed by atoms with Crippen LogP contribution in [0.3, 0.4) is 0 Å². The van der Waals surface area contributed by atoms with E-state index in [1.165, 1.54) is 6.07 Å². The van der Waals surface area contributed by atoms with Crippen LogP contribution >= 0.6 is 12.8 Å². The molecule has 1 rings (SSSR count). The Morgan fingerprint density at radius 3 is 2.67 bits per heavy atom. The molecule has 15 heavy (non-hydrogen) atoms. The second-order valence-electron chi connectivity index (χ2n) is 3.82. The summed E-state index contributed by atoms with van der Waals surface area (Å²) in [4.78, 5) is 10.2. The first-order chi connectivity index (χ1) is 7.04. The number of anilines is 1. The Morgan fingerprint density at radius 1 is 1.53 bits per heavy atom. The highest BCUT2D eigenvalue weighted by atomic mass is 32.1. The lowest BCUT2D eigenvalue weighted by molar-refractivity contribution is -0.383. The van der Waals surface area contributed by atoms with Crippen molar-refractivity contribution in [2.75, 3.05) is 4.72 Å². The second kappa shape index (κ2) is 5.02. The smallest absolute Gasteiger partial charge is 0.293 e. The zero-order valence-electron chi connectivity index (χ0n) is 8.73. The third-order valence-electron chi connectivity index (χ3n) is 2.02. The molecule has 0 heterocycles. The molecule has 0 amide bonds. The van der Waals surface area contributed by atoms with Crippen LogP contribution in [-0.2, 0) is 6.42 Å². The summed E-state index contributed by atoms with van der Waals surface area (Å²) in [6.45, 7) is 4.21. The van der Waals surface area contributed by atoms with E-state index in [0.29, 0.717) is 11.6 Å². The van der Waals surface area contributed by atoms with E-state index in [1.807, 2.05) is 0 Å². The van der Waals surface area contributed by atoms with Crippen LogP contribution in [0.4, 0.5) is 11.4 Å². The zero-order valence-corrected chi connectivity index (χ0v) is 9.62. The van der Waals surface area contributed by atoms with Gasteiger partial charge in [-0.15, -0.1) is 0 Å². The largest absolute Gasteiger partial charge is 0.327 e. The molecule has 0 aromatic heterocycles. The molecule has 0 unspecified atom stereocenters. The van der Waals surface area contributed by atoms with E-state index in [2.05, 4.69) is 31.4 Å². The van der Waals surface area contributed by atoms with Gasteiger partial charge in [0.1, 0.15) is 5.69 Å². The molecule has 0 saturated carbocycles. The van der Waals surface area contributed by atoms with E-state index in [9.17, 15) is 10.1 Å². The second-order valence-corrected chi connectivity index (χ2v) is 4.04. The first kappa shape index (κ1) is 11.8. The molecule has 1 aromatic rings. The lowest BCUT2D eigenvalue weighted by Gasteiger charge is -2.07. The summed E-state index contributed by atoms with van der Waals surface area (Å²) in [6, 6.07) is 5.06. The van der Waals surface area contributed by atoms with Gasteiger partial charge in [-0.3, -0.25) is 10.1 Å². The Morgan fingerprint density at radius 2 is 2.20 bits per heavy atom. The minimum atomic E-state index is -0.419. The summed E-state index contributed by atoms with van der Waals surface area (Å²) in [5.74, 6) is 0.527. The zero-order chi connectivity index (χ0) is 11.4. The summed E-state index contributed by atoms with van der Waals surface area (Å²) < 4.78 is 2.54. The van der Waals surface area contributed by atoms with E-state index in [-0.39, 0.29) is 5.69 Å². The van der Waals surface area contributed by atoms with Crippen LogP contribution in [0.15, 0.2) is 18.2 Å². The molecule has 82 valence electrons. The van der Waals surface area contributed by atoms with Crippen LogP contribution in [0.2, 0.25) is 0 Å². The van der Waals surface area contributed by atoms with Gasteiger partial charge in [0.05, 0.1) is 4.92 Å². The van der Waals surface area contributed by atoms with Crippen molar-refractivity contribution in [2.45, 2.75) is 20.3 Å². The van der Waals surface area contributed by atoms with Gasteiger partial charge < -0.3 is 4.72 Å². The first-order valence-corrected chi connectivity index (χ1v) is 5.16. The van der Waals surface area contributed by atoms with Crippen molar-refractivity contribution in [3.8, 4) is 0 Å². The van der Waals surface area contributed by atoms with Crippen LogP contribution in [-0.4, -0.2) is 4.92 Å². The maximum Gasteiger partial charge on any atom is 0.293 e. The Labute approximate surface area is 94.4 Å². The Hall–Kier alpha value is -1.23. The fourth-order valence-corrected chi connectivity index (χ4v) is 1.61. The van der Waals surface area contributed by atoms with Crippen molar-refractivity contribution in [1.29, 1.82) is 0 Å². The van der Waals surface area contributed by atoms with Crippen LogP contribution in [0.25, 0.3) is 0 Å². The van der Waals surface area contributed by atoms with E-state index in [4.69, 9.17) is 0 Å². The monoisotopic (exact) mass is 226 g/mol. The maximum absolute atomic E-state index is 10.6. The first-order valence-electron chi connectivity index (χ1n) is 4.72. The lowest BCUT2D eigenvalue weighted by atomic mass is 10.0. The Bertz CT molecular complexity index is 366. The van der Waals surface area contributed by atoms with E-state index >= 15 is 0 Å². The van der Waals surface area contributed by atoms with Crippen molar-refractivity contribution in [2.24, 2.45) is 5.92 Å². The van der Waals surface area contributed by atoms with Crippen molar-refractivity contribution in [1.82, 2.24) is 0 Å². The van der Waals surface area contributed by atoms with Gasteiger partial charge in [0, 0.05) is 6.07 Å². The molecule has 0 saturated heterocycles. The molecule has 4 nitrogen and oxygen atoms in total. The molecule has 0 bridgehead atoms. The summed E-state index contributed by atoms with van der Waals surface area (Å²) >= 11 is 3.86. The van der Waals surface area contributed by atoms with Crippen molar-refractivity contribution in [3.63, 3.8) is 0 Å². The van der Waals surface area contributed by atoms with Crippen molar-refractivity contribution in [3.05, 3.63) is 33.9 Å². The molecule has 0 aliphatic carbocycles. The number of nitrogens with zero attached hydrogens (tertiary/aromatic N) is 1. The Kier molecular flexibility index (Phi) is 3.96. The third kappa shape index (κ3) is 3.13. The quantitative estimate of drug-likeness (QED) is 0.471. The number of benzene rings is 1. The summed E-state index contributed by atoms with van der Waals surface area (Å²) in [5.41, 5.74) is 1.58. The minimum absolute atomic E-state index is 0.0532. The molecule has 0 radical (unpaired) electrons. The number of rotatable bonds is 4. The molecule has 0 aliphatic heterocycles. The molecule has 0 spiro atoms. The summed E-state index contributed by atoms with van der Waals surface area (Å²) in [6.07, 6.45) is 0.903. The average molecular weight is 226 g/mol. The van der Waals surface area contributed by atoms with Crippen LogP contribution < -0.4 is 4.72 Å². The molecule has 0 fully saturated rings. The summed E-state index contributed by atoms with van der Waals surface area (Å²) in [5, 5.41) is 10.6. The lowest BCUT2D eigenvalue weighted by Crippen LogP contribution is -1.98. The number of hydrogen-bond acceptors (Lipinski definition) is 4. The highest BCUT2D eigenvalue weighted by Gasteiger charge is 2.13. The Balaban J connectivity index is 3.02. The fraction of sp³-hybridized carbons (Fsp3) is 0.400. The van der Waals surface area contributed by atoms with E-state index < -0.39 is 4.92 Å². The van der Waals surface area contributed by atoms with Gasteiger partial charge in [-0.2, -0.15) is 0 Å². The van der Waals surface area contributed by atoms with Crippen LogP contribution in [0.1, 0.15) is 19.4 Å². The fourth-order valence-electron chi connectivity index (χ4n) is 1.43. The van der Waals surface area contributed by atoms with Gasteiger partial charge in [-0.1, -0.05) is 32.7 Å². The third-order valence-corrected chi connectivity index (χ3v) is 2.26. The van der Waals surface area contributed by atoms with Crippen LogP contribution in [0, 0.1) is 16.0 Å². The van der Waals surface area contributed by atoms with Gasteiger partial charge in [0.25, 0.3) is 5.69 Å². The van der Waals surface area contributed by atoms with E-state index in [0.717, 1.165) is 12.0 Å². The number of thiol groups is 1. The van der Waals surface area contributed by atoms with Gasteiger partial charge in [0.15, 0.2) is 0 Å². The van der Waals surface area contributed by atoms with Crippen LogP contribution in [0.5, 0.6) is 0 Å². The van der Waals surface area contributed by atoms with Crippen molar-refractivity contribution >= 4 is 24.2 Å². The van der Waals surface area contributed by atoms with Gasteiger partial charge in [0.2, 0.25) is 0 Å². The SMILES string of the molecule is CC(C)Cc1ccc([N+](=O)[O-])c(NS)c1. The van der Waals surface area contributed by atoms with Crippen molar-refractivity contribution < 1.29 is 4.92 Å². The number of nitro groups is 1. The summed E-state index contributed by atoms with van der Waals surface area (Å²) in [7, 11) is 0. The number of nitrogens with one attached hydrogen (secondary N) is 1. The van der Waals surface area contributed by atoms with E-state index in [1.54, 1.807) is 12.1 Å². The minimum Gasteiger partial charge on any atom is -0.327 e. The molecular weight excluding hydrogens is 212 g/mol. The topological polar surface area (TPSA) is 55.2 Å². The highest BCUT2D eigenvalue weighted by Crippen LogP contribution is 2.26. The molecule has 0 atom stereocenters. The predicted molar refractivity (Wildman–Crippen MR) is 64.2 cm³/mol. The normalized spacial score (nSPS) is 10.4. The standard InChI is InChI=1S/C10H14N2O2S/c1-7(2)5-8-3-4-10(12(13)14)9(6-8)11-15/h3-4,6-7,11,15H,5H2,1-2H3. The van der Waals surface area contributed by atoms with Gasteiger partial charge in [-0.05, 0) is 24.0 Å². The molecule has 1 aromatic carbocycles. The number of nitro benzene ring substituents is 1. The molecular formula is C10H14N2O2S. The van der Waals surface area contributed by atoms with Gasteiger partial charge >= 0.3 is 0 Å². The number of hydrogen-bond donors (Lipinski definition) is 2. The molecule has 1 N–H and O–H groups in total. The van der Waals surface area contributed by atoms with Gasteiger partial charge in [-0.25, -0.2) is 0 Å². The molecule has 0 aliphatic rings. The highest BCUT2D eigenvalue weighted by molar-refractivity contribution is 7.81. The predicted octanol–water partition coefficient (Wildman–Crippen LogP) is 3.05. The maximum atomic E-state index is 10.6. The molecule has 5 heteroatoms. The average Bonchev–Trinajstić information content (AvgIpc) is 2.16.